The summed E-state index contributed by atoms with van der Waals surface area (Å²) in [6, 6.07) is 11.4. The van der Waals surface area contributed by atoms with E-state index in [2.05, 4.69) is 44.1 Å². The Labute approximate surface area is 182 Å². The fourth-order valence-electron chi connectivity index (χ4n) is 5.30. The summed E-state index contributed by atoms with van der Waals surface area (Å²) in [6.45, 7) is 9.83. The quantitative estimate of drug-likeness (QED) is 0.771. The highest BCUT2D eigenvalue weighted by Gasteiger charge is 2.29. The Hall–Kier alpha value is -1.47. The molecule has 1 amide bonds. The number of piperidine rings is 2. The molecule has 0 saturated carbocycles. The maximum atomic E-state index is 13.3. The van der Waals surface area contributed by atoms with E-state index in [1.807, 2.05) is 18.2 Å². The van der Waals surface area contributed by atoms with Gasteiger partial charge in [-0.2, -0.15) is 0 Å². The van der Waals surface area contributed by atoms with Crippen LogP contribution in [0.25, 0.3) is 0 Å². The first-order valence-corrected chi connectivity index (χ1v) is 11.9. The van der Waals surface area contributed by atoms with Crippen molar-refractivity contribution in [1.29, 1.82) is 0 Å². The minimum atomic E-state index is 0.283. The second-order valence-electron chi connectivity index (χ2n) is 9.24. The molecule has 166 valence electrons. The highest BCUT2D eigenvalue weighted by atomic mass is 16.2. The second kappa shape index (κ2) is 10.7. The summed E-state index contributed by atoms with van der Waals surface area (Å²) in [5.41, 5.74) is 1.06. The Morgan fingerprint density at radius 1 is 0.967 bits per heavy atom. The number of rotatable bonds is 6. The smallest absolute Gasteiger partial charge is 0.228 e. The lowest BCUT2D eigenvalue weighted by Gasteiger charge is -2.42. The minimum absolute atomic E-state index is 0.283. The molecule has 1 aromatic rings. The molecule has 0 spiro atoms. The van der Waals surface area contributed by atoms with Gasteiger partial charge in [0.15, 0.2) is 0 Å². The minimum Gasteiger partial charge on any atom is -0.317 e. The number of carbonyl (C=O) groups is 1. The molecule has 4 rings (SSSR count). The van der Waals surface area contributed by atoms with E-state index in [0.717, 1.165) is 70.4 Å². The molecule has 0 aromatic heterocycles. The van der Waals surface area contributed by atoms with Crippen LogP contribution >= 0.6 is 0 Å². The average Bonchev–Trinajstić information content (AvgIpc) is 2.80. The number of amides is 1. The first-order chi connectivity index (χ1) is 14.7. The van der Waals surface area contributed by atoms with Crippen LogP contribution < -0.4 is 10.2 Å². The predicted molar refractivity (Wildman–Crippen MR) is 123 cm³/mol. The van der Waals surface area contributed by atoms with Gasteiger partial charge in [-0.15, -0.1) is 0 Å². The van der Waals surface area contributed by atoms with E-state index >= 15 is 0 Å². The molecule has 30 heavy (non-hydrogen) atoms. The van der Waals surface area contributed by atoms with Crippen molar-refractivity contribution in [2.45, 2.75) is 44.2 Å². The maximum absolute atomic E-state index is 13.3. The van der Waals surface area contributed by atoms with Crippen LogP contribution in [0.15, 0.2) is 30.3 Å². The van der Waals surface area contributed by atoms with Crippen molar-refractivity contribution in [2.24, 2.45) is 0 Å². The zero-order valence-electron chi connectivity index (χ0n) is 18.6. The van der Waals surface area contributed by atoms with Crippen molar-refractivity contribution in [3.8, 4) is 0 Å². The van der Waals surface area contributed by atoms with Gasteiger partial charge in [0.05, 0.1) is 0 Å². The number of piperazine rings is 1. The summed E-state index contributed by atoms with van der Waals surface area (Å²) in [7, 11) is 2.23. The maximum Gasteiger partial charge on any atom is 0.228 e. The number of carbonyl (C=O) groups excluding carboxylic acids is 1. The van der Waals surface area contributed by atoms with Crippen LogP contribution in [0.5, 0.6) is 0 Å². The molecule has 0 aliphatic carbocycles. The third kappa shape index (κ3) is 5.61. The molecule has 0 bridgehead atoms. The van der Waals surface area contributed by atoms with Gasteiger partial charge in [-0.25, -0.2) is 0 Å². The van der Waals surface area contributed by atoms with Crippen LogP contribution in [0.2, 0.25) is 0 Å². The number of para-hydroxylation sites is 1. The van der Waals surface area contributed by atoms with E-state index in [9.17, 15) is 4.79 Å². The molecule has 3 aliphatic rings. The Morgan fingerprint density at radius 2 is 1.63 bits per heavy atom. The van der Waals surface area contributed by atoms with E-state index in [1.54, 1.807) is 0 Å². The lowest BCUT2D eigenvalue weighted by Crippen LogP contribution is -2.53. The van der Waals surface area contributed by atoms with E-state index in [-0.39, 0.29) is 5.91 Å². The molecule has 3 aliphatic heterocycles. The summed E-state index contributed by atoms with van der Waals surface area (Å²) < 4.78 is 0. The molecule has 1 N–H and O–H groups in total. The summed E-state index contributed by atoms with van der Waals surface area (Å²) >= 11 is 0. The number of hydrogen-bond donors (Lipinski definition) is 1. The second-order valence-corrected chi connectivity index (χ2v) is 9.24. The molecule has 1 aromatic carbocycles. The van der Waals surface area contributed by atoms with Gasteiger partial charge in [-0.1, -0.05) is 18.2 Å². The number of benzene rings is 1. The van der Waals surface area contributed by atoms with E-state index in [0.29, 0.717) is 12.5 Å². The van der Waals surface area contributed by atoms with E-state index in [4.69, 9.17) is 0 Å². The van der Waals surface area contributed by atoms with Gasteiger partial charge in [0.25, 0.3) is 0 Å². The van der Waals surface area contributed by atoms with Gasteiger partial charge in [0.2, 0.25) is 5.91 Å². The molecule has 6 nitrogen and oxygen atoms in total. The fraction of sp³-hybridized carbons (Fsp3) is 0.708. The summed E-state index contributed by atoms with van der Waals surface area (Å²) in [6.07, 6.45) is 5.30. The predicted octanol–water partition coefficient (Wildman–Crippen LogP) is 1.87. The van der Waals surface area contributed by atoms with E-state index < -0.39 is 0 Å². The summed E-state index contributed by atoms with van der Waals surface area (Å²) in [4.78, 5) is 23.0. The first-order valence-electron chi connectivity index (χ1n) is 11.9. The van der Waals surface area contributed by atoms with Crippen LogP contribution in [0, 0.1) is 0 Å². The highest BCUT2D eigenvalue weighted by molar-refractivity contribution is 5.94. The van der Waals surface area contributed by atoms with Gasteiger partial charge in [0, 0.05) is 56.9 Å². The number of nitrogens with one attached hydrogen (secondary N) is 1. The summed E-state index contributed by atoms with van der Waals surface area (Å²) in [5, 5.41) is 3.42. The Kier molecular flexibility index (Phi) is 7.77. The van der Waals surface area contributed by atoms with Gasteiger partial charge in [-0.3, -0.25) is 9.69 Å². The fourth-order valence-corrected chi connectivity index (χ4v) is 5.30. The molecule has 0 radical (unpaired) electrons. The van der Waals surface area contributed by atoms with Gasteiger partial charge < -0.3 is 20.0 Å². The average molecular weight is 414 g/mol. The van der Waals surface area contributed by atoms with Crippen molar-refractivity contribution in [3.05, 3.63) is 30.3 Å². The topological polar surface area (TPSA) is 42.1 Å². The monoisotopic (exact) mass is 413 g/mol. The third-order valence-electron chi connectivity index (χ3n) is 7.23. The molecule has 3 fully saturated rings. The van der Waals surface area contributed by atoms with Gasteiger partial charge in [0.1, 0.15) is 0 Å². The zero-order chi connectivity index (χ0) is 20.8. The van der Waals surface area contributed by atoms with Crippen LogP contribution in [0.1, 0.15) is 32.1 Å². The number of likely N-dealkylation sites (tertiary alicyclic amines) is 1. The van der Waals surface area contributed by atoms with Crippen molar-refractivity contribution >= 4 is 11.6 Å². The lowest BCUT2D eigenvalue weighted by atomic mass is 10.0. The molecule has 0 unspecified atom stereocenters. The Bertz CT molecular complexity index is 647. The molecule has 0 atom stereocenters. The highest BCUT2D eigenvalue weighted by Crippen LogP contribution is 2.23. The molecule has 3 heterocycles. The van der Waals surface area contributed by atoms with Crippen LogP contribution in [0.3, 0.4) is 0 Å². The van der Waals surface area contributed by atoms with Crippen molar-refractivity contribution in [2.75, 3.05) is 70.9 Å². The van der Waals surface area contributed by atoms with Crippen LogP contribution in [-0.2, 0) is 4.79 Å². The Morgan fingerprint density at radius 3 is 2.30 bits per heavy atom. The normalized spacial score (nSPS) is 23.5. The Balaban J connectivity index is 1.27. The lowest BCUT2D eigenvalue weighted by molar-refractivity contribution is -0.119. The van der Waals surface area contributed by atoms with Crippen LogP contribution in [0.4, 0.5) is 5.69 Å². The van der Waals surface area contributed by atoms with Crippen LogP contribution in [-0.4, -0.2) is 98.6 Å². The standard InChI is InChI=1S/C24H39N5O/c1-26-14-9-21(10-15-26)28-19-17-27(18-20-28)16-11-24(30)29(22-5-3-2-4-6-22)23-7-12-25-13-8-23/h2-6,21,23,25H,7-20H2,1H3. The molecular formula is C24H39N5O. The SMILES string of the molecule is CN1CCC(N2CCN(CCC(=O)N(c3ccccc3)C3CCNCC3)CC2)CC1. The van der Waals surface area contributed by atoms with Gasteiger partial charge in [-0.05, 0) is 71.0 Å². The van der Waals surface area contributed by atoms with Crippen molar-refractivity contribution in [3.63, 3.8) is 0 Å². The third-order valence-corrected chi connectivity index (χ3v) is 7.23. The molecular weight excluding hydrogens is 374 g/mol. The van der Waals surface area contributed by atoms with Crippen molar-refractivity contribution in [1.82, 2.24) is 20.0 Å². The molecule has 6 heteroatoms. The van der Waals surface area contributed by atoms with Gasteiger partial charge >= 0.3 is 0 Å². The number of nitrogens with zero attached hydrogens (tertiary/aromatic N) is 4. The van der Waals surface area contributed by atoms with E-state index in [1.165, 1.54) is 25.9 Å². The summed E-state index contributed by atoms with van der Waals surface area (Å²) in [5.74, 6) is 0.283. The number of hydrogen-bond acceptors (Lipinski definition) is 5. The number of anilines is 1. The first kappa shape index (κ1) is 21.8. The van der Waals surface area contributed by atoms with Crippen molar-refractivity contribution < 1.29 is 4.79 Å². The largest absolute Gasteiger partial charge is 0.317 e. The zero-order valence-corrected chi connectivity index (χ0v) is 18.6. The molecule has 3 saturated heterocycles.